The van der Waals surface area contributed by atoms with Gasteiger partial charge in [0.15, 0.2) is 0 Å². The lowest BCUT2D eigenvalue weighted by atomic mass is 9.91. The summed E-state index contributed by atoms with van der Waals surface area (Å²) in [4.78, 5) is 0. The minimum absolute atomic E-state index is 0.508. The first-order chi connectivity index (χ1) is 7.96. The van der Waals surface area contributed by atoms with Crippen LogP contribution in [-0.4, -0.2) is 6.04 Å². The highest BCUT2D eigenvalue weighted by Crippen LogP contribution is 2.40. The highest BCUT2D eigenvalue weighted by Gasteiger charge is 2.36. The molecule has 1 aromatic carbocycles. The van der Waals surface area contributed by atoms with E-state index in [9.17, 15) is 0 Å². The Kier molecular flexibility index (Phi) is 3.94. The predicted octanol–water partition coefficient (Wildman–Crippen LogP) is 4.36. The lowest BCUT2D eigenvalue weighted by Crippen LogP contribution is -2.31. The van der Waals surface area contributed by atoms with Gasteiger partial charge in [0, 0.05) is 17.1 Å². The van der Waals surface area contributed by atoms with Crippen molar-refractivity contribution in [1.82, 2.24) is 5.32 Å². The third kappa shape index (κ3) is 3.56. The number of hydrogen-bond acceptors (Lipinski definition) is 1. The minimum Gasteiger partial charge on any atom is -0.310 e. The maximum absolute atomic E-state index is 3.71. The molecule has 0 heterocycles. The van der Waals surface area contributed by atoms with Gasteiger partial charge in [0.1, 0.15) is 0 Å². The van der Waals surface area contributed by atoms with Crippen molar-refractivity contribution in [3.05, 3.63) is 34.3 Å². The van der Waals surface area contributed by atoms with E-state index in [0.717, 1.165) is 16.9 Å². The molecule has 2 heteroatoms. The average Bonchev–Trinajstić information content (AvgIpc) is 2.49. The summed E-state index contributed by atoms with van der Waals surface area (Å²) in [5.74, 6) is 0.789. The molecule has 0 amide bonds. The first-order valence-electron chi connectivity index (χ1n) is 6.44. The van der Waals surface area contributed by atoms with Gasteiger partial charge in [0.2, 0.25) is 0 Å². The molecule has 1 N–H and O–H groups in total. The number of halogens is 1. The Morgan fingerprint density at radius 3 is 2.71 bits per heavy atom. The number of hydrogen-bond donors (Lipinski definition) is 1. The molecule has 0 aromatic heterocycles. The van der Waals surface area contributed by atoms with E-state index in [1.165, 1.54) is 18.4 Å². The molecule has 0 radical (unpaired) electrons. The zero-order valence-electron chi connectivity index (χ0n) is 11.0. The molecule has 0 bridgehead atoms. The minimum atomic E-state index is 0.508. The molecule has 1 fully saturated rings. The molecule has 17 heavy (non-hydrogen) atoms. The Balaban J connectivity index is 1.91. The van der Waals surface area contributed by atoms with Gasteiger partial charge >= 0.3 is 0 Å². The maximum atomic E-state index is 3.71. The molecule has 94 valence electrons. The van der Waals surface area contributed by atoms with E-state index >= 15 is 0 Å². The summed E-state index contributed by atoms with van der Waals surface area (Å²) < 4.78 is 1.16. The van der Waals surface area contributed by atoms with Crippen molar-refractivity contribution in [2.24, 2.45) is 11.3 Å². The largest absolute Gasteiger partial charge is 0.310 e. The molecule has 1 aliphatic rings. The van der Waals surface area contributed by atoms with Crippen LogP contribution in [0.5, 0.6) is 0 Å². The van der Waals surface area contributed by atoms with E-state index in [0.29, 0.717) is 11.5 Å². The quantitative estimate of drug-likeness (QED) is 0.873. The van der Waals surface area contributed by atoms with Crippen LogP contribution in [0.1, 0.15) is 39.2 Å². The van der Waals surface area contributed by atoms with Gasteiger partial charge in [-0.3, -0.25) is 0 Å². The molecule has 1 aliphatic carbocycles. The summed E-state index contributed by atoms with van der Waals surface area (Å²) >= 11 is 3.52. The van der Waals surface area contributed by atoms with Crippen LogP contribution in [0.3, 0.4) is 0 Å². The van der Waals surface area contributed by atoms with E-state index in [-0.39, 0.29) is 0 Å². The molecule has 1 nitrogen and oxygen atoms in total. The fourth-order valence-electron chi connectivity index (χ4n) is 3.06. The van der Waals surface area contributed by atoms with Crippen LogP contribution < -0.4 is 5.32 Å². The van der Waals surface area contributed by atoms with Crippen LogP contribution in [-0.2, 0) is 6.54 Å². The highest BCUT2D eigenvalue weighted by atomic mass is 79.9. The van der Waals surface area contributed by atoms with Gasteiger partial charge in [-0.15, -0.1) is 0 Å². The molecule has 2 unspecified atom stereocenters. The monoisotopic (exact) mass is 295 g/mol. The van der Waals surface area contributed by atoms with Crippen molar-refractivity contribution in [3.63, 3.8) is 0 Å². The summed E-state index contributed by atoms with van der Waals surface area (Å²) in [6.07, 6.45) is 2.63. The van der Waals surface area contributed by atoms with Crippen molar-refractivity contribution < 1.29 is 0 Å². The molecular weight excluding hydrogens is 274 g/mol. The van der Waals surface area contributed by atoms with Crippen LogP contribution in [0.25, 0.3) is 0 Å². The van der Waals surface area contributed by atoms with Gasteiger partial charge in [-0.2, -0.15) is 0 Å². The number of benzene rings is 1. The van der Waals surface area contributed by atoms with E-state index in [1.54, 1.807) is 0 Å². The van der Waals surface area contributed by atoms with Gasteiger partial charge in [0.05, 0.1) is 0 Å². The third-order valence-electron chi connectivity index (χ3n) is 3.79. The first kappa shape index (κ1) is 13.1. The van der Waals surface area contributed by atoms with Crippen LogP contribution in [0, 0.1) is 11.3 Å². The van der Waals surface area contributed by atoms with Gasteiger partial charge in [0.25, 0.3) is 0 Å². The summed E-state index contributed by atoms with van der Waals surface area (Å²) in [5.41, 5.74) is 1.87. The standard InChI is InChI=1S/C15H22BrN/c1-11-8-15(2,3)9-14(11)17-10-12-5-4-6-13(16)7-12/h4-7,11,14,17H,8-10H2,1-3H3. The third-order valence-corrected chi connectivity index (χ3v) is 4.28. The Morgan fingerprint density at radius 2 is 2.12 bits per heavy atom. The molecule has 1 aromatic rings. The average molecular weight is 296 g/mol. The summed E-state index contributed by atoms with van der Waals surface area (Å²) in [6.45, 7) is 8.10. The fraction of sp³-hybridized carbons (Fsp3) is 0.600. The summed E-state index contributed by atoms with van der Waals surface area (Å²) in [5, 5.41) is 3.71. The SMILES string of the molecule is CC1CC(C)(C)CC1NCc1cccc(Br)c1. The van der Waals surface area contributed by atoms with Crippen molar-refractivity contribution in [2.75, 3.05) is 0 Å². The molecule has 2 rings (SSSR count). The van der Waals surface area contributed by atoms with Gasteiger partial charge in [-0.25, -0.2) is 0 Å². The molecule has 2 atom stereocenters. The zero-order valence-corrected chi connectivity index (χ0v) is 12.5. The summed E-state index contributed by atoms with van der Waals surface area (Å²) in [6, 6.07) is 9.22. The molecular formula is C15H22BrN. The van der Waals surface area contributed by atoms with Crippen molar-refractivity contribution in [1.29, 1.82) is 0 Å². The van der Waals surface area contributed by atoms with Gasteiger partial charge < -0.3 is 5.32 Å². The Morgan fingerprint density at radius 1 is 1.35 bits per heavy atom. The molecule has 1 saturated carbocycles. The summed E-state index contributed by atoms with van der Waals surface area (Å²) in [7, 11) is 0. The highest BCUT2D eigenvalue weighted by molar-refractivity contribution is 9.10. The molecule has 0 spiro atoms. The van der Waals surface area contributed by atoms with E-state index in [2.05, 4.69) is 66.3 Å². The van der Waals surface area contributed by atoms with Crippen LogP contribution in [0.15, 0.2) is 28.7 Å². The predicted molar refractivity (Wildman–Crippen MR) is 76.9 cm³/mol. The second kappa shape index (κ2) is 5.11. The number of nitrogens with one attached hydrogen (secondary N) is 1. The first-order valence-corrected chi connectivity index (χ1v) is 7.23. The van der Waals surface area contributed by atoms with Gasteiger partial charge in [-0.1, -0.05) is 48.8 Å². The van der Waals surface area contributed by atoms with Crippen molar-refractivity contribution >= 4 is 15.9 Å². The molecule has 0 aliphatic heterocycles. The lowest BCUT2D eigenvalue weighted by Gasteiger charge is -2.18. The Labute approximate surface area is 113 Å². The maximum Gasteiger partial charge on any atom is 0.0208 e. The van der Waals surface area contributed by atoms with Crippen LogP contribution >= 0.6 is 15.9 Å². The van der Waals surface area contributed by atoms with Crippen molar-refractivity contribution in [2.45, 2.75) is 46.2 Å². The second-order valence-electron chi connectivity index (χ2n) is 6.17. The van der Waals surface area contributed by atoms with Gasteiger partial charge in [-0.05, 0) is 41.9 Å². The smallest absolute Gasteiger partial charge is 0.0208 e. The topological polar surface area (TPSA) is 12.0 Å². The van der Waals surface area contributed by atoms with Crippen molar-refractivity contribution in [3.8, 4) is 0 Å². The van der Waals surface area contributed by atoms with E-state index in [1.807, 2.05) is 0 Å². The zero-order chi connectivity index (χ0) is 12.5. The molecule has 0 saturated heterocycles. The Hall–Kier alpha value is -0.340. The van der Waals surface area contributed by atoms with Crippen LogP contribution in [0.2, 0.25) is 0 Å². The fourth-order valence-corrected chi connectivity index (χ4v) is 3.51. The van der Waals surface area contributed by atoms with E-state index in [4.69, 9.17) is 0 Å². The number of rotatable bonds is 3. The normalized spacial score (nSPS) is 27.3. The Bertz CT molecular complexity index is 386. The lowest BCUT2D eigenvalue weighted by molar-refractivity contribution is 0.362. The van der Waals surface area contributed by atoms with Crippen LogP contribution in [0.4, 0.5) is 0 Å². The van der Waals surface area contributed by atoms with E-state index < -0.39 is 0 Å². The second-order valence-corrected chi connectivity index (χ2v) is 7.08.